The average molecular weight is 186 g/mol. The van der Waals surface area contributed by atoms with E-state index in [9.17, 15) is 0 Å². The molecule has 0 N–H and O–H groups in total. The van der Waals surface area contributed by atoms with Crippen molar-refractivity contribution in [1.82, 2.24) is 0 Å². The molecule has 1 aliphatic carbocycles. The molecule has 0 unspecified atom stereocenters. The molecular weight excluding hydrogens is 156 g/mol. The number of rotatable bonds is 2. The van der Waals surface area contributed by atoms with Crippen LogP contribution in [0.1, 0.15) is 79.6 Å². The first kappa shape index (κ1) is 15.5. The normalized spacial score (nSPS) is 15.5. The minimum atomic E-state index is 1.05. The molecule has 0 amide bonds. The van der Waals surface area contributed by atoms with Crippen molar-refractivity contribution >= 4 is 0 Å². The Balaban J connectivity index is 0. The molecule has 0 bridgehead atoms. The van der Waals surface area contributed by atoms with Gasteiger partial charge in [0.15, 0.2) is 0 Å². The zero-order valence-corrected chi connectivity index (χ0v) is 10.5. The first-order chi connectivity index (χ1) is 6.31. The lowest BCUT2D eigenvalue weighted by molar-refractivity contribution is 0.612. The second-order valence-corrected chi connectivity index (χ2v) is 3.74. The van der Waals surface area contributed by atoms with Gasteiger partial charge in [-0.15, -0.1) is 0 Å². The van der Waals surface area contributed by atoms with Crippen molar-refractivity contribution in [2.24, 2.45) is 5.92 Å². The number of hydrogen-bond acceptors (Lipinski definition) is 0. The fraction of sp³-hybridized carbons (Fsp3) is 1.00. The van der Waals surface area contributed by atoms with Gasteiger partial charge < -0.3 is 0 Å². The van der Waals surface area contributed by atoms with Gasteiger partial charge in [0.1, 0.15) is 0 Å². The maximum atomic E-state index is 2.34. The Morgan fingerprint density at radius 3 is 1.38 bits per heavy atom. The standard InChI is InChI=1S/C6H12.C5H12.C2H6/c1-6-4-2-3-5-6;1-3-5-4-2;1-2/h6H,2-5H2,1H3;3-5H2,1-2H3;1-2H3. The third-order valence-electron chi connectivity index (χ3n) is 2.35. The van der Waals surface area contributed by atoms with Crippen LogP contribution >= 0.6 is 0 Å². The highest BCUT2D eigenvalue weighted by Crippen LogP contribution is 2.22. The SMILES string of the molecule is CC.CC1CCCC1.CCCCC. The molecule has 1 rings (SSSR count). The first-order valence-electron chi connectivity index (χ1n) is 6.31. The van der Waals surface area contributed by atoms with E-state index in [4.69, 9.17) is 0 Å². The van der Waals surface area contributed by atoms with E-state index >= 15 is 0 Å². The van der Waals surface area contributed by atoms with Crippen LogP contribution in [0, 0.1) is 5.92 Å². The van der Waals surface area contributed by atoms with Gasteiger partial charge in [-0.05, 0) is 5.92 Å². The van der Waals surface area contributed by atoms with Crippen LogP contribution in [0.5, 0.6) is 0 Å². The maximum absolute atomic E-state index is 2.34. The molecule has 0 saturated heterocycles. The highest BCUT2D eigenvalue weighted by Gasteiger charge is 2.07. The quantitative estimate of drug-likeness (QED) is 0.540. The Bertz CT molecular complexity index is 58.4. The highest BCUT2D eigenvalue weighted by molar-refractivity contribution is 4.60. The molecule has 0 aromatic heterocycles. The predicted molar refractivity (Wildman–Crippen MR) is 64.2 cm³/mol. The summed E-state index contributed by atoms with van der Waals surface area (Å²) in [7, 11) is 0. The fourth-order valence-electron chi connectivity index (χ4n) is 1.48. The molecule has 1 saturated carbocycles. The van der Waals surface area contributed by atoms with E-state index in [-0.39, 0.29) is 0 Å². The highest BCUT2D eigenvalue weighted by atomic mass is 14.1. The topological polar surface area (TPSA) is 0 Å². The summed E-state index contributed by atoms with van der Waals surface area (Å²) in [6.45, 7) is 10.8. The van der Waals surface area contributed by atoms with Crippen LogP contribution < -0.4 is 0 Å². The molecule has 0 heterocycles. The molecule has 0 aromatic rings. The molecule has 0 spiro atoms. The Morgan fingerprint density at radius 1 is 0.923 bits per heavy atom. The Kier molecular flexibility index (Phi) is 17.3. The Labute approximate surface area is 86.1 Å². The molecule has 0 aliphatic heterocycles. The van der Waals surface area contributed by atoms with E-state index in [2.05, 4.69) is 20.8 Å². The summed E-state index contributed by atoms with van der Waals surface area (Å²) in [6, 6.07) is 0. The van der Waals surface area contributed by atoms with E-state index < -0.39 is 0 Å². The Morgan fingerprint density at radius 2 is 1.31 bits per heavy atom. The van der Waals surface area contributed by atoms with Crippen molar-refractivity contribution in [1.29, 1.82) is 0 Å². The summed E-state index contributed by atoms with van der Waals surface area (Å²) in [5.41, 5.74) is 0. The van der Waals surface area contributed by atoms with Crippen LogP contribution in [0.3, 0.4) is 0 Å². The molecule has 82 valence electrons. The smallest absolute Gasteiger partial charge is 0.0443 e. The summed E-state index contributed by atoms with van der Waals surface area (Å²) >= 11 is 0. The van der Waals surface area contributed by atoms with E-state index in [0.717, 1.165) is 5.92 Å². The van der Waals surface area contributed by atoms with Gasteiger partial charge in [-0.3, -0.25) is 0 Å². The fourth-order valence-corrected chi connectivity index (χ4v) is 1.48. The van der Waals surface area contributed by atoms with Crippen LogP contribution in [0.25, 0.3) is 0 Å². The minimum Gasteiger partial charge on any atom is -0.0683 e. The van der Waals surface area contributed by atoms with Crippen molar-refractivity contribution in [2.45, 2.75) is 79.6 Å². The lowest BCUT2D eigenvalue weighted by Gasteiger charge is -1.91. The summed E-state index contributed by atoms with van der Waals surface area (Å²) < 4.78 is 0. The maximum Gasteiger partial charge on any atom is -0.0443 e. The number of hydrogen-bond donors (Lipinski definition) is 0. The first-order valence-corrected chi connectivity index (χ1v) is 6.31. The zero-order valence-electron chi connectivity index (χ0n) is 10.5. The number of unbranched alkanes of at least 4 members (excludes halogenated alkanes) is 2. The molecule has 0 heteroatoms. The van der Waals surface area contributed by atoms with Gasteiger partial charge in [-0.1, -0.05) is 79.6 Å². The van der Waals surface area contributed by atoms with Crippen molar-refractivity contribution < 1.29 is 0 Å². The predicted octanol–water partition coefficient (Wildman–Crippen LogP) is 5.42. The van der Waals surface area contributed by atoms with Crippen molar-refractivity contribution in [2.75, 3.05) is 0 Å². The second kappa shape index (κ2) is 14.5. The molecular formula is C13H30. The Hall–Kier alpha value is 0. The molecule has 1 aliphatic rings. The second-order valence-electron chi connectivity index (χ2n) is 3.74. The van der Waals surface area contributed by atoms with Crippen LogP contribution in [-0.4, -0.2) is 0 Å². The third kappa shape index (κ3) is 14.8. The van der Waals surface area contributed by atoms with Gasteiger partial charge in [0.05, 0.1) is 0 Å². The van der Waals surface area contributed by atoms with Gasteiger partial charge in [-0.2, -0.15) is 0 Å². The van der Waals surface area contributed by atoms with Crippen molar-refractivity contribution in [3.05, 3.63) is 0 Å². The van der Waals surface area contributed by atoms with E-state index in [1.807, 2.05) is 13.8 Å². The summed E-state index contributed by atoms with van der Waals surface area (Å²) in [6.07, 6.45) is 10.0. The average Bonchev–Trinajstić information content (AvgIpc) is 2.62. The van der Waals surface area contributed by atoms with Crippen LogP contribution in [-0.2, 0) is 0 Å². The molecule has 0 nitrogen and oxygen atoms in total. The van der Waals surface area contributed by atoms with Gasteiger partial charge in [0, 0.05) is 0 Å². The van der Waals surface area contributed by atoms with Crippen molar-refractivity contribution in [3.63, 3.8) is 0 Å². The lowest BCUT2D eigenvalue weighted by atomic mass is 10.2. The van der Waals surface area contributed by atoms with Crippen molar-refractivity contribution in [3.8, 4) is 0 Å². The molecule has 0 radical (unpaired) electrons. The summed E-state index contributed by atoms with van der Waals surface area (Å²) in [4.78, 5) is 0. The molecule has 13 heavy (non-hydrogen) atoms. The monoisotopic (exact) mass is 186 g/mol. The lowest BCUT2D eigenvalue weighted by Crippen LogP contribution is -1.78. The van der Waals surface area contributed by atoms with E-state index in [1.54, 1.807) is 0 Å². The molecule has 0 atom stereocenters. The minimum absolute atomic E-state index is 1.05. The van der Waals surface area contributed by atoms with E-state index in [1.165, 1.54) is 44.9 Å². The van der Waals surface area contributed by atoms with Crippen LogP contribution in [0.4, 0.5) is 0 Å². The zero-order chi connectivity index (χ0) is 10.5. The van der Waals surface area contributed by atoms with Gasteiger partial charge in [-0.25, -0.2) is 0 Å². The largest absolute Gasteiger partial charge is 0.0683 e. The third-order valence-corrected chi connectivity index (χ3v) is 2.35. The summed E-state index contributed by atoms with van der Waals surface area (Å²) in [5, 5.41) is 0. The van der Waals surface area contributed by atoms with E-state index in [0.29, 0.717) is 0 Å². The van der Waals surface area contributed by atoms with Gasteiger partial charge >= 0.3 is 0 Å². The molecule has 0 aromatic carbocycles. The van der Waals surface area contributed by atoms with Crippen LogP contribution in [0.15, 0.2) is 0 Å². The van der Waals surface area contributed by atoms with Gasteiger partial charge in [0.25, 0.3) is 0 Å². The van der Waals surface area contributed by atoms with Crippen LogP contribution in [0.2, 0.25) is 0 Å². The summed E-state index contributed by atoms with van der Waals surface area (Å²) in [5.74, 6) is 1.05. The molecule has 1 fully saturated rings. The van der Waals surface area contributed by atoms with Gasteiger partial charge in [0.2, 0.25) is 0 Å².